The van der Waals surface area contributed by atoms with Crippen LogP contribution in [0.3, 0.4) is 0 Å². The number of hydrogen-bond donors (Lipinski definition) is 3. The second-order valence-electron chi connectivity index (χ2n) is 3.82. The van der Waals surface area contributed by atoms with Crippen LogP contribution in [0.1, 0.15) is 0 Å². The van der Waals surface area contributed by atoms with Crippen LogP contribution >= 0.6 is 0 Å². The Balaban J connectivity index is 2.24. The maximum Gasteiger partial charge on any atom is 0.158 e. The van der Waals surface area contributed by atoms with E-state index in [-0.39, 0.29) is 11.5 Å². The molecule has 17 heavy (non-hydrogen) atoms. The van der Waals surface area contributed by atoms with Gasteiger partial charge in [0.1, 0.15) is 5.69 Å². The van der Waals surface area contributed by atoms with Crippen molar-refractivity contribution >= 4 is 10.9 Å². The molecule has 0 amide bonds. The lowest BCUT2D eigenvalue weighted by molar-refractivity contribution is 0.404. The number of phenols is 2. The van der Waals surface area contributed by atoms with Crippen LogP contribution in [0.15, 0.2) is 42.5 Å². The van der Waals surface area contributed by atoms with E-state index in [1.165, 1.54) is 12.1 Å². The molecule has 3 aromatic rings. The van der Waals surface area contributed by atoms with Crippen molar-refractivity contribution in [3.63, 3.8) is 0 Å². The number of aromatic amines is 1. The summed E-state index contributed by atoms with van der Waals surface area (Å²) in [4.78, 5) is 0. The van der Waals surface area contributed by atoms with Gasteiger partial charge in [-0.2, -0.15) is 5.10 Å². The summed E-state index contributed by atoms with van der Waals surface area (Å²) in [6.45, 7) is 0. The van der Waals surface area contributed by atoms with E-state index in [4.69, 9.17) is 0 Å². The molecule has 4 heteroatoms. The zero-order chi connectivity index (χ0) is 11.8. The fraction of sp³-hybridized carbons (Fsp3) is 0. The zero-order valence-corrected chi connectivity index (χ0v) is 8.88. The Morgan fingerprint density at radius 1 is 0.941 bits per heavy atom. The lowest BCUT2D eigenvalue weighted by atomic mass is 10.1. The maximum atomic E-state index is 9.48. The third-order valence-electron chi connectivity index (χ3n) is 2.72. The molecule has 0 spiro atoms. The fourth-order valence-electron chi connectivity index (χ4n) is 1.85. The Morgan fingerprint density at radius 2 is 1.76 bits per heavy atom. The molecule has 1 heterocycles. The summed E-state index contributed by atoms with van der Waals surface area (Å²) in [5.41, 5.74) is 2.46. The molecule has 3 N–H and O–H groups in total. The van der Waals surface area contributed by atoms with Crippen molar-refractivity contribution in [3.05, 3.63) is 42.5 Å². The average molecular weight is 226 g/mol. The molecule has 0 unspecified atom stereocenters. The Labute approximate surface area is 97.2 Å². The zero-order valence-electron chi connectivity index (χ0n) is 8.88. The monoisotopic (exact) mass is 226 g/mol. The highest BCUT2D eigenvalue weighted by atomic mass is 16.3. The van der Waals surface area contributed by atoms with Gasteiger partial charge in [0.05, 0.1) is 5.52 Å². The molecule has 0 aliphatic rings. The summed E-state index contributed by atoms with van der Waals surface area (Å²) >= 11 is 0. The molecule has 0 radical (unpaired) electrons. The number of rotatable bonds is 1. The molecule has 3 rings (SSSR count). The standard InChI is InChI=1S/C13H10N2O2/c16-11-6-5-8(7-12(11)17)13-9-3-1-2-4-10(9)14-15-13/h1-7,16-17H,(H,14,15). The van der Waals surface area contributed by atoms with Crippen molar-refractivity contribution in [1.29, 1.82) is 0 Å². The Bertz CT molecular complexity index is 689. The van der Waals surface area contributed by atoms with Crippen LogP contribution < -0.4 is 0 Å². The van der Waals surface area contributed by atoms with E-state index in [0.29, 0.717) is 0 Å². The van der Waals surface area contributed by atoms with Gasteiger partial charge >= 0.3 is 0 Å². The van der Waals surface area contributed by atoms with E-state index in [1.807, 2.05) is 24.3 Å². The van der Waals surface area contributed by atoms with Crippen LogP contribution in [0.5, 0.6) is 11.5 Å². The van der Waals surface area contributed by atoms with Gasteiger partial charge in [0.15, 0.2) is 11.5 Å². The van der Waals surface area contributed by atoms with Crippen molar-refractivity contribution in [2.75, 3.05) is 0 Å². The second-order valence-corrected chi connectivity index (χ2v) is 3.82. The van der Waals surface area contributed by atoms with Crippen LogP contribution in [0, 0.1) is 0 Å². The first-order valence-corrected chi connectivity index (χ1v) is 5.21. The van der Waals surface area contributed by atoms with Crippen LogP contribution in [0.2, 0.25) is 0 Å². The van der Waals surface area contributed by atoms with Crippen LogP contribution in [0.25, 0.3) is 22.2 Å². The number of aromatic hydroxyl groups is 2. The van der Waals surface area contributed by atoms with E-state index in [1.54, 1.807) is 6.07 Å². The topological polar surface area (TPSA) is 69.1 Å². The van der Waals surface area contributed by atoms with Crippen molar-refractivity contribution < 1.29 is 10.2 Å². The van der Waals surface area contributed by atoms with Gasteiger partial charge in [0.25, 0.3) is 0 Å². The van der Waals surface area contributed by atoms with E-state index in [0.717, 1.165) is 22.2 Å². The van der Waals surface area contributed by atoms with Gasteiger partial charge in [0, 0.05) is 10.9 Å². The van der Waals surface area contributed by atoms with Gasteiger partial charge in [-0.3, -0.25) is 5.10 Å². The number of H-pyrrole nitrogens is 1. The minimum absolute atomic E-state index is 0.131. The Kier molecular flexibility index (Phi) is 2.01. The summed E-state index contributed by atoms with van der Waals surface area (Å²) < 4.78 is 0. The highest BCUT2D eigenvalue weighted by Gasteiger charge is 2.09. The third kappa shape index (κ3) is 1.50. The Hall–Kier alpha value is -2.49. The average Bonchev–Trinajstić information content (AvgIpc) is 2.76. The summed E-state index contributed by atoms with van der Waals surface area (Å²) in [6, 6.07) is 12.4. The van der Waals surface area contributed by atoms with Crippen molar-refractivity contribution in [2.45, 2.75) is 0 Å². The number of aromatic nitrogens is 2. The van der Waals surface area contributed by atoms with Crippen LogP contribution in [0.4, 0.5) is 0 Å². The molecule has 2 aromatic carbocycles. The van der Waals surface area contributed by atoms with Gasteiger partial charge in [-0.1, -0.05) is 18.2 Å². The maximum absolute atomic E-state index is 9.48. The number of nitrogens with zero attached hydrogens (tertiary/aromatic N) is 1. The number of fused-ring (bicyclic) bond motifs is 1. The van der Waals surface area contributed by atoms with Gasteiger partial charge in [-0.25, -0.2) is 0 Å². The molecule has 84 valence electrons. The predicted octanol–water partition coefficient (Wildman–Crippen LogP) is 2.64. The first kappa shape index (κ1) is 9.72. The Morgan fingerprint density at radius 3 is 2.59 bits per heavy atom. The summed E-state index contributed by atoms with van der Waals surface area (Å²) in [6.07, 6.45) is 0. The van der Waals surface area contributed by atoms with Crippen LogP contribution in [-0.2, 0) is 0 Å². The minimum atomic E-state index is -0.144. The molecule has 0 fully saturated rings. The van der Waals surface area contributed by atoms with Gasteiger partial charge in [-0.05, 0) is 24.3 Å². The van der Waals surface area contributed by atoms with Gasteiger partial charge < -0.3 is 10.2 Å². The molecule has 4 nitrogen and oxygen atoms in total. The lowest BCUT2D eigenvalue weighted by Crippen LogP contribution is -1.79. The normalized spacial score (nSPS) is 10.8. The molecule has 0 aliphatic heterocycles. The second kappa shape index (κ2) is 3.52. The molecule has 0 bridgehead atoms. The highest BCUT2D eigenvalue weighted by Crippen LogP contribution is 2.32. The van der Waals surface area contributed by atoms with Crippen molar-refractivity contribution in [1.82, 2.24) is 10.2 Å². The largest absolute Gasteiger partial charge is 0.504 e. The highest BCUT2D eigenvalue weighted by molar-refractivity contribution is 5.93. The van der Waals surface area contributed by atoms with E-state index in [9.17, 15) is 10.2 Å². The van der Waals surface area contributed by atoms with Crippen LogP contribution in [-0.4, -0.2) is 20.4 Å². The van der Waals surface area contributed by atoms with Gasteiger partial charge in [0.2, 0.25) is 0 Å². The number of para-hydroxylation sites is 1. The molecule has 0 atom stereocenters. The summed E-state index contributed by atoms with van der Waals surface area (Å²) in [5, 5.41) is 26.9. The third-order valence-corrected chi connectivity index (χ3v) is 2.72. The molecule has 0 saturated heterocycles. The summed E-state index contributed by atoms with van der Waals surface area (Å²) in [5.74, 6) is -0.275. The van der Waals surface area contributed by atoms with E-state index in [2.05, 4.69) is 10.2 Å². The molecule has 0 saturated carbocycles. The van der Waals surface area contributed by atoms with Crippen molar-refractivity contribution in [3.8, 4) is 22.8 Å². The molecule has 1 aromatic heterocycles. The SMILES string of the molecule is Oc1ccc(-c2n[nH]c3ccccc23)cc1O. The number of benzene rings is 2. The predicted molar refractivity (Wildman–Crippen MR) is 64.9 cm³/mol. The number of hydrogen-bond acceptors (Lipinski definition) is 3. The van der Waals surface area contributed by atoms with E-state index < -0.39 is 0 Å². The van der Waals surface area contributed by atoms with Crippen molar-refractivity contribution in [2.24, 2.45) is 0 Å². The lowest BCUT2D eigenvalue weighted by Gasteiger charge is -2.01. The summed E-state index contributed by atoms with van der Waals surface area (Å²) in [7, 11) is 0. The first-order valence-electron chi connectivity index (χ1n) is 5.21. The fourth-order valence-corrected chi connectivity index (χ4v) is 1.85. The minimum Gasteiger partial charge on any atom is -0.504 e. The molecule has 0 aliphatic carbocycles. The molecular weight excluding hydrogens is 216 g/mol. The number of nitrogens with one attached hydrogen (secondary N) is 1. The van der Waals surface area contributed by atoms with Gasteiger partial charge in [-0.15, -0.1) is 0 Å². The molecular formula is C13H10N2O2. The number of phenolic OH excluding ortho intramolecular Hbond substituents is 2. The quantitative estimate of drug-likeness (QED) is 0.559. The smallest absolute Gasteiger partial charge is 0.158 e. The van der Waals surface area contributed by atoms with E-state index >= 15 is 0 Å². The first-order chi connectivity index (χ1) is 8.25.